The van der Waals surface area contributed by atoms with E-state index in [1.165, 1.54) is 11.8 Å². The molecule has 0 aromatic heterocycles. The summed E-state index contributed by atoms with van der Waals surface area (Å²) in [4.78, 5) is 26.0. The number of benzene rings is 1. The summed E-state index contributed by atoms with van der Waals surface area (Å²) in [5.41, 5.74) is -0.823. The molecule has 28 heavy (non-hydrogen) atoms. The molecule has 3 rings (SSSR count). The Balaban J connectivity index is 1.74. The maximum Gasteiger partial charge on any atom is 0.414 e. The van der Waals surface area contributed by atoms with Crippen molar-refractivity contribution in [2.75, 3.05) is 29.4 Å². The number of carbonyl (C=O) groups is 2. The molecule has 2 aliphatic rings. The van der Waals surface area contributed by atoms with Gasteiger partial charge < -0.3 is 19.5 Å². The lowest BCUT2D eigenvalue weighted by Gasteiger charge is -2.39. The van der Waals surface area contributed by atoms with E-state index < -0.39 is 29.4 Å². The van der Waals surface area contributed by atoms with Gasteiger partial charge in [0.05, 0.1) is 17.8 Å². The third kappa shape index (κ3) is 4.27. The Morgan fingerprint density at radius 2 is 1.89 bits per heavy atom. The van der Waals surface area contributed by atoms with E-state index in [9.17, 15) is 23.5 Å². The van der Waals surface area contributed by atoms with Crippen LogP contribution in [0.2, 0.25) is 0 Å². The van der Waals surface area contributed by atoms with Gasteiger partial charge in [-0.05, 0) is 32.6 Å². The van der Waals surface area contributed by atoms with Crippen molar-refractivity contribution in [2.45, 2.75) is 57.7 Å². The Labute approximate surface area is 163 Å². The summed E-state index contributed by atoms with van der Waals surface area (Å²) in [6, 6.07) is 2.27. The van der Waals surface area contributed by atoms with Crippen molar-refractivity contribution in [3.8, 4) is 0 Å². The van der Waals surface area contributed by atoms with Gasteiger partial charge in [-0.15, -0.1) is 0 Å². The van der Waals surface area contributed by atoms with Gasteiger partial charge in [0.25, 0.3) is 0 Å². The first-order chi connectivity index (χ1) is 13.2. The first kappa shape index (κ1) is 20.5. The zero-order valence-corrected chi connectivity index (χ0v) is 16.2. The summed E-state index contributed by atoms with van der Waals surface area (Å²) >= 11 is 0. The molecule has 154 valence electrons. The van der Waals surface area contributed by atoms with Crippen LogP contribution in [0, 0.1) is 11.6 Å². The average molecular weight is 396 g/mol. The van der Waals surface area contributed by atoms with Gasteiger partial charge in [0.15, 0.2) is 11.6 Å². The number of aliphatic hydroxyl groups is 1. The summed E-state index contributed by atoms with van der Waals surface area (Å²) in [6.07, 6.45) is 1.01. The predicted octanol–water partition coefficient (Wildman–Crippen LogP) is 3.40. The molecule has 1 N–H and O–H groups in total. The van der Waals surface area contributed by atoms with E-state index in [1.807, 2.05) is 6.92 Å². The van der Waals surface area contributed by atoms with Crippen LogP contribution in [0.4, 0.5) is 25.0 Å². The molecule has 0 saturated carbocycles. The maximum atomic E-state index is 14.7. The number of ether oxygens (including phenoxy) is 1. The highest BCUT2D eigenvalue weighted by Gasteiger charge is 2.35. The van der Waals surface area contributed by atoms with E-state index in [1.54, 1.807) is 4.90 Å². The minimum atomic E-state index is -0.780. The Morgan fingerprint density at radius 1 is 1.29 bits per heavy atom. The number of hydrogen-bond donors (Lipinski definition) is 1. The molecule has 2 aliphatic heterocycles. The van der Waals surface area contributed by atoms with Crippen LogP contribution in [-0.4, -0.2) is 48.3 Å². The summed E-state index contributed by atoms with van der Waals surface area (Å²) in [6.45, 7) is 4.22. The Hall–Kier alpha value is -2.22. The number of hydrogen-bond acceptors (Lipinski definition) is 5. The fourth-order valence-electron chi connectivity index (χ4n) is 3.76. The molecule has 2 heterocycles. The molecular formula is C20H26F2N2O4. The number of piperidine rings is 1. The van der Waals surface area contributed by atoms with Crippen LogP contribution in [-0.2, 0) is 9.53 Å². The van der Waals surface area contributed by atoms with E-state index in [0.717, 1.165) is 12.1 Å². The van der Waals surface area contributed by atoms with E-state index in [4.69, 9.17) is 4.74 Å². The topological polar surface area (TPSA) is 70.1 Å². The minimum absolute atomic E-state index is 0.00700. The van der Waals surface area contributed by atoms with Crippen LogP contribution in [0.5, 0.6) is 0 Å². The van der Waals surface area contributed by atoms with Crippen LogP contribution in [0.3, 0.4) is 0 Å². The lowest BCUT2D eigenvalue weighted by molar-refractivity contribution is -0.117. The van der Waals surface area contributed by atoms with Gasteiger partial charge in [-0.3, -0.25) is 4.90 Å². The monoisotopic (exact) mass is 396 g/mol. The number of nitrogens with zero attached hydrogens (tertiary/aromatic N) is 2. The quantitative estimate of drug-likeness (QED) is 0.798. The molecule has 6 nitrogen and oxygen atoms in total. The first-order valence-electron chi connectivity index (χ1n) is 9.66. The van der Waals surface area contributed by atoms with Crippen LogP contribution in [0.15, 0.2) is 12.1 Å². The third-order valence-electron chi connectivity index (χ3n) is 5.67. The van der Waals surface area contributed by atoms with Gasteiger partial charge in [-0.1, -0.05) is 6.92 Å². The largest absolute Gasteiger partial charge is 0.444 e. The standard InChI is InChI=1S/C20H26F2N2O4/c1-3-20(27)6-8-23(9-7-20)18-16(21)10-14(11-17(18)22)24-12-15(28-19(24)26)5-4-13(2)25/h10-11,15,27H,3-9,12H2,1-2H3/t15-/m0/s1. The summed E-state index contributed by atoms with van der Waals surface area (Å²) in [5, 5.41) is 10.3. The lowest BCUT2D eigenvalue weighted by Crippen LogP contribution is -2.44. The van der Waals surface area contributed by atoms with E-state index in [0.29, 0.717) is 38.8 Å². The van der Waals surface area contributed by atoms with E-state index >= 15 is 0 Å². The molecule has 8 heteroatoms. The Kier molecular flexibility index (Phi) is 5.88. The van der Waals surface area contributed by atoms with Crippen molar-refractivity contribution in [1.82, 2.24) is 0 Å². The number of amides is 1. The molecular weight excluding hydrogens is 370 g/mol. The smallest absolute Gasteiger partial charge is 0.414 e. The highest BCUT2D eigenvalue weighted by atomic mass is 19.1. The second kappa shape index (κ2) is 8.03. The second-order valence-electron chi connectivity index (χ2n) is 7.68. The number of cyclic esters (lactones) is 1. The highest BCUT2D eigenvalue weighted by molar-refractivity contribution is 5.90. The zero-order chi connectivity index (χ0) is 20.5. The van der Waals surface area contributed by atoms with Gasteiger partial charge in [0, 0.05) is 31.6 Å². The van der Waals surface area contributed by atoms with E-state index in [2.05, 4.69) is 0 Å². The fourth-order valence-corrected chi connectivity index (χ4v) is 3.76. The Bertz CT molecular complexity index is 740. The van der Waals surface area contributed by atoms with Crippen LogP contribution < -0.4 is 9.80 Å². The van der Waals surface area contributed by atoms with Crippen molar-refractivity contribution in [2.24, 2.45) is 0 Å². The van der Waals surface area contributed by atoms with Gasteiger partial charge >= 0.3 is 6.09 Å². The maximum absolute atomic E-state index is 14.7. The molecule has 2 saturated heterocycles. The van der Waals surface area contributed by atoms with Crippen molar-refractivity contribution >= 4 is 23.3 Å². The van der Waals surface area contributed by atoms with Crippen molar-refractivity contribution < 1.29 is 28.2 Å². The molecule has 1 amide bonds. The SMILES string of the molecule is CCC1(O)CCN(c2c(F)cc(N3C[C@H](CCC(C)=O)OC3=O)cc2F)CC1. The number of rotatable bonds is 6. The number of carbonyl (C=O) groups excluding carboxylic acids is 2. The van der Waals surface area contributed by atoms with Crippen LogP contribution >= 0.6 is 0 Å². The van der Waals surface area contributed by atoms with Crippen LogP contribution in [0.1, 0.15) is 46.0 Å². The molecule has 0 radical (unpaired) electrons. The minimum Gasteiger partial charge on any atom is -0.444 e. The van der Waals surface area contributed by atoms with Gasteiger partial charge in [0.1, 0.15) is 17.6 Å². The third-order valence-corrected chi connectivity index (χ3v) is 5.67. The van der Waals surface area contributed by atoms with E-state index in [-0.39, 0.29) is 30.1 Å². The van der Waals surface area contributed by atoms with Gasteiger partial charge in [0.2, 0.25) is 0 Å². The Morgan fingerprint density at radius 3 is 2.43 bits per heavy atom. The molecule has 1 aromatic rings. The molecule has 0 bridgehead atoms. The van der Waals surface area contributed by atoms with Crippen molar-refractivity contribution in [1.29, 1.82) is 0 Å². The number of halogens is 2. The first-order valence-corrected chi connectivity index (χ1v) is 9.66. The average Bonchev–Trinajstić information content (AvgIpc) is 3.02. The summed E-state index contributed by atoms with van der Waals surface area (Å²) in [5.74, 6) is -1.51. The number of ketones is 1. The summed E-state index contributed by atoms with van der Waals surface area (Å²) < 4.78 is 34.7. The highest BCUT2D eigenvalue weighted by Crippen LogP contribution is 2.35. The normalized spacial score (nSPS) is 21.8. The van der Waals surface area contributed by atoms with Crippen LogP contribution in [0.25, 0.3) is 0 Å². The lowest BCUT2D eigenvalue weighted by atomic mass is 9.89. The van der Waals surface area contributed by atoms with Gasteiger partial charge in [-0.2, -0.15) is 0 Å². The van der Waals surface area contributed by atoms with Crippen molar-refractivity contribution in [3.63, 3.8) is 0 Å². The molecule has 1 aromatic carbocycles. The molecule has 1 atom stereocenters. The molecule has 0 spiro atoms. The predicted molar refractivity (Wildman–Crippen MR) is 101 cm³/mol. The van der Waals surface area contributed by atoms with Gasteiger partial charge in [-0.25, -0.2) is 13.6 Å². The molecule has 0 aliphatic carbocycles. The molecule has 2 fully saturated rings. The second-order valence-corrected chi connectivity index (χ2v) is 7.68. The zero-order valence-electron chi connectivity index (χ0n) is 16.2. The fraction of sp³-hybridized carbons (Fsp3) is 0.600. The number of Topliss-reactive ketones (excluding diaryl/α,β-unsaturated/α-hetero) is 1. The summed E-state index contributed by atoms with van der Waals surface area (Å²) in [7, 11) is 0. The molecule has 0 unspecified atom stereocenters. The van der Waals surface area contributed by atoms with Crippen molar-refractivity contribution in [3.05, 3.63) is 23.8 Å². The number of anilines is 2.